The van der Waals surface area contributed by atoms with Crippen molar-refractivity contribution in [3.8, 4) is 0 Å². The lowest BCUT2D eigenvalue weighted by atomic mass is 10.0. The Balaban J connectivity index is 2.99. The molecule has 0 spiro atoms. The van der Waals surface area contributed by atoms with E-state index in [0.29, 0.717) is 28.4 Å². The van der Waals surface area contributed by atoms with Crippen LogP contribution in [0.15, 0.2) is 0 Å². The SMILES string of the molecule is COC(=O)c1[nH]c(C)c(C(=O)C(C)NCC(C)C)c1C. The van der Waals surface area contributed by atoms with Crippen LogP contribution in [0.1, 0.15) is 52.9 Å². The maximum Gasteiger partial charge on any atom is 0.354 e. The van der Waals surface area contributed by atoms with Gasteiger partial charge >= 0.3 is 5.97 Å². The summed E-state index contributed by atoms with van der Waals surface area (Å²) in [5.41, 5.74) is 2.28. The van der Waals surface area contributed by atoms with Crippen molar-refractivity contribution < 1.29 is 14.3 Å². The smallest absolute Gasteiger partial charge is 0.354 e. The Bertz CT molecular complexity index is 503. The minimum atomic E-state index is -0.451. The number of carbonyl (C=O) groups excluding carboxylic acids is 2. The molecule has 0 fully saturated rings. The highest BCUT2D eigenvalue weighted by Gasteiger charge is 2.25. The predicted octanol–water partition coefficient (Wildman–Crippen LogP) is 2.23. The number of ether oxygens (including phenoxy) is 1. The van der Waals surface area contributed by atoms with E-state index in [0.717, 1.165) is 6.54 Å². The number of aromatic amines is 1. The third-order valence-electron chi connectivity index (χ3n) is 3.30. The third kappa shape index (κ3) is 3.48. The van der Waals surface area contributed by atoms with Crippen LogP contribution in [0.4, 0.5) is 0 Å². The van der Waals surface area contributed by atoms with Gasteiger partial charge in [0.05, 0.1) is 13.2 Å². The van der Waals surface area contributed by atoms with Crippen molar-refractivity contribution in [2.45, 2.75) is 40.7 Å². The Morgan fingerprint density at radius 2 is 1.85 bits per heavy atom. The van der Waals surface area contributed by atoms with E-state index in [1.165, 1.54) is 7.11 Å². The second-order valence-electron chi connectivity index (χ2n) is 5.50. The highest BCUT2D eigenvalue weighted by atomic mass is 16.5. The molecule has 0 aliphatic heterocycles. The van der Waals surface area contributed by atoms with Gasteiger partial charge in [-0.3, -0.25) is 4.79 Å². The van der Waals surface area contributed by atoms with Crippen molar-refractivity contribution in [3.05, 3.63) is 22.5 Å². The van der Waals surface area contributed by atoms with Crippen molar-refractivity contribution in [1.82, 2.24) is 10.3 Å². The molecule has 5 heteroatoms. The molecule has 1 heterocycles. The highest BCUT2D eigenvalue weighted by molar-refractivity contribution is 6.05. The number of methoxy groups -OCH3 is 1. The zero-order valence-corrected chi connectivity index (χ0v) is 13.1. The molecule has 20 heavy (non-hydrogen) atoms. The van der Waals surface area contributed by atoms with E-state index in [9.17, 15) is 9.59 Å². The van der Waals surface area contributed by atoms with Crippen molar-refractivity contribution >= 4 is 11.8 Å². The molecule has 0 radical (unpaired) electrons. The number of H-pyrrole nitrogens is 1. The number of nitrogens with one attached hydrogen (secondary N) is 2. The van der Waals surface area contributed by atoms with Gasteiger partial charge in [0.2, 0.25) is 0 Å². The van der Waals surface area contributed by atoms with Gasteiger partial charge in [-0.1, -0.05) is 13.8 Å². The van der Waals surface area contributed by atoms with Gasteiger partial charge in [0.15, 0.2) is 5.78 Å². The molecule has 1 aromatic rings. The second-order valence-corrected chi connectivity index (χ2v) is 5.50. The summed E-state index contributed by atoms with van der Waals surface area (Å²) in [7, 11) is 1.33. The number of esters is 1. The van der Waals surface area contributed by atoms with Gasteiger partial charge in [0.25, 0.3) is 0 Å². The van der Waals surface area contributed by atoms with E-state index in [2.05, 4.69) is 24.1 Å². The summed E-state index contributed by atoms with van der Waals surface area (Å²) in [5.74, 6) is 0.0174. The summed E-state index contributed by atoms with van der Waals surface area (Å²) in [6.07, 6.45) is 0. The van der Waals surface area contributed by atoms with Crippen LogP contribution >= 0.6 is 0 Å². The first-order chi connectivity index (χ1) is 9.29. The van der Waals surface area contributed by atoms with Gasteiger partial charge in [0, 0.05) is 11.3 Å². The van der Waals surface area contributed by atoms with E-state index < -0.39 is 5.97 Å². The van der Waals surface area contributed by atoms with Crippen LogP contribution in [0.3, 0.4) is 0 Å². The number of carbonyl (C=O) groups is 2. The summed E-state index contributed by atoms with van der Waals surface area (Å²) in [6.45, 7) is 10.4. The van der Waals surface area contributed by atoms with Crippen LogP contribution in [0, 0.1) is 19.8 Å². The lowest BCUT2D eigenvalue weighted by molar-refractivity contribution is 0.0594. The molecule has 0 saturated carbocycles. The first kappa shape index (κ1) is 16.4. The monoisotopic (exact) mass is 280 g/mol. The Hall–Kier alpha value is -1.62. The molecule has 1 rings (SSSR count). The Morgan fingerprint density at radius 1 is 1.25 bits per heavy atom. The van der Waals surface area contributed by atoms with E-state index in [1.54, 1.807) is 13.8 Å². The number of hydrogen-bond donors (Lipinski definition) is 2. The fourth-order valence-corrected chi connectivity index (χ4v) is 2.15. The minimum absolute atomic E-state index is 0.00736. The molecule has 0 bridgehead atoms. The Morgan fingerprint density at radius 3 is 2.35 bits per heavy atom. The third-order valence-corrected chi connectivity index (χ3v) is 3.30. The van der Waals surface area contributed by atoms with E-state index in [-0.39, 0.29) is 11.8 Å². The van der Waals surface area contributed by atoms with Crippen LogP contribution in [0.5, 0.6) is 0 Å². The molecule has 0 aliphatic rings. The first-order valence-electron chi connectivity index (χ1n) is 6.84. The summed E-state index contributed by atoms with van der Waals surface area (Å²) >= 11 is 0. The van der Waals surface area contributed by atoms with Crippen LogP contribution in [0.25, 0.3) is 0 Å². The summed E-state index contributed by atoms with van der Waals surface area (Å²) in [6, 6.07) is -0.281. The van der Waals surface area contributed by atoms with Gasteiger partial charge in [-0.15, -0.1) is 0 Å². The lowest BCUT2D eigenvalue weighted by Gasteiger charge is -2.15. The number of aromatic nitrogens is 1. The molecule has 1 unspecified atom stereocenters. The van der Waals surface area contributed by atoms with E-state index in [4.69, 9.17) is 4.74 Å². The molecule has 0 amide bonds. The van der Waals surface area contributed by atoms with Gasteiger partial charge in [-0.05, 0) is 38.8 Å². The molecule has 2 N–H and O–H groups in total. The molecule has 5 nitrogen and oxygen atoms in total. The topological polar surface area (TPSA) is 71.2 Å². The fraction of sp³-hybridized carbons (Fsp3) is 0.600. The number of Topliss-reactive ketones (excluding diaryl/α,β-unsaturated/α-hetero) is 1. The molecule has 112 valence electrons. The molecular weight excluding hydrogens is 256 g/mol. The van der Waals surface area contributed by atoms with Crippen molar-refractivity contribution in [2.75, 3.05) is 13.7 Å². The Kier molecular flexibility index (Phi) is 5.51. The summed E-state index contributed by atoms with van der Waals surface area (Å²) < 4.78 is 4.71. The maximum absolute atomic E-state index is 12.5. The molecule has 1 aromatic heterocycles. The number of rotatable bonds is 6. The van der Waals surface area contributed by atoms with Crippen LogP contribution in [-0.4, -0.2) is 36.4 Å². The van der Waals surface area contributed by atoms with Gasteiger partial charge in [0.1, 0.15) is 5.69 Å². The van der Waals surface area contributed by atoms with Gasteiger partial charge in [-0.25, -0.2) is 4.79 Å². The summed E-state index contributed by atoms with van der Waals surface area (Å²) in [5, 5.41) is 3.21. The predicted molar refractivity (Wildman–Crippen MR) is 78.2 cm³/mol. The molecule has 1 atom stereocenters. The molecule has 0 aliphatic carbocycles. The Labute approximate surface area is 120 Å². The van der Waals surface area contributed by atoms with Crippen molar-refractivity contribution in [3.63, 3.8) is 0 Å². The van der Waals surface area contributed by atoms with E-state index in [1.807, 2.05) is 6.92 Å². The second kappa shape index (κ2) is 6.70. The van der Waals surface area contributed by atoms with Crippen LogP contribution in [-0.2, 0) is 4.74 Å². The molecule has 0 saturated heterocycles. The summed E-state index contributed by atoms with van der Waals surface area (Å²) in [4.78, 5) is 27.1. The number of hydrogen-bond acceptors (Lipinski definition) is 4. The minimum Gasteiger partial charge on any atom is -0.464 e. The van der Waals surface area contributed by atoms with Crippen LogP contribution in [0.2, 0.25) is 0 Å². The van der Waals surface area contributed by atoms with Crippen LogP contribution < -0.4 is 5.32 Å². The molecule has 0 aromatic carbocycles. The average Bonchev–Trinajstić information content (AvgIpc) is 2.69. The normalized spacial score (nSPS) is 12.6. The fourth-order valence-electron chi connectivity index (χ4n) is 2.15. The zero-order valence-electron chi connectivity index (χ0n) is 13.1. The quantitative estimate of drug-likeness (QED) is 0.619. The van der Waals surface area contributed by atoms with Gasteiger partial charge < -0.3 is 15.0 Å². The maximum atomic E-state index is 12.5. The molecular formula is C15H24N2O3. The number of aryl methyl sites for hydroxylation is 1. The highest BCUT2D eigenvalue weighted by Crippen LogP contribution is 2.20. The zero-order chi connectivity index (χ0) is 15.4. The largest absolute Gasteiger partial charge is 0.464 e. The standard InChI is InChI=1S/C15H24N2O3/c1-8(2)7-16-11(5)14(18)12-9(3)13(15(19)20-6)17-10(12)4/h8,11,16-17H,7H2,1-6H3. The van der Waals surface area contributed by atoms with Crippen molar-refractivity contribution in [1.29, 1.82) is 0 Å². The number of ketones is 1. The van der Waals surface area contributed by atoms with E-state index >= 15 is 0 Å². The van der Waals surface area contributed by atoms with Crippen molar-refractivity contribution in [2.24, 2.45) is 5.92 Å². The van der Waals surface area contributed by atoms with Gasteiger partial charge in [-0.2, -0.15) is 0 Å². The first-order valence-corrected chi connectivity index (χ1v) is 6.84. The average molecular weight is 280 g/mol. The lowest BCUT2D eigenvalue weighted by Crippen LogP contribution is -2.36.